The maximum Gasteiger partial charge on any atom is 0.328 e. The minimum absolute atomic E-state index is 0.665. The molecule has 0 saturated carbocycles. The lowest BCUT2D eigenvalue weighted by Gasteiger charge is -2.05. The molecule has 14 heavy (non-hydrogen) atoms. The third kappa shape index (κ3) is 2.59. The number of carbonyl (C=O) groups is 1. The number of carboxylic acid groups (broad SMARTS) is 1. The van der Waals surface area contributed by atoms with Gasteiger partial charge in [0.15, 0.2) is 0 Å². The molecule has 0 radical (unpaired) electrons. The lowest BCUT2D eigenvalue weighted by atomic mass is 10.00. The summed E-state index contributed by atoms with van der Waals surface area (Å²) < 4.78 is 0. The van der Waals surface area contributed by atoms with E-state index < -0.39 is 5.97 Å². The molecule has 0 unspecified atom stereocenters. The van der Waals surface area contributed by atoms with Crippen LogP contribution in [0, 0.1) is 0 Å². The maximum absolute atomic E-state index is 10.6. The van der Waals surface area contributed by atoms with E-state index in [1.54, 1.807) is 6.92 Å². The Balaban J connectivity index is 3.14. The molecule has 0 aliphatic heterocycles. The summed E-state index contributed by atoms with van der Waals surface area (Å²) in [5.74, 6) is -0.952. The van der Waals surface area contributed by atoms with Gasteiger partial charge in [-0.3, -0.25) is 0 Å². The van der Waals surface area contributed by atoms with Gasteiger partial charge >= 0.3 is 5.97 Å². The van der Waals surface area contributed by atoms with Crippen LogP contribution in [0.15, 0.2) is 48.6 Å². The first kappa shape index (κ1) is 10.3. The standard InChI is InChI=1S/C12H12O2/c1-9(2)11(8-12(13)14)10-6-4-3-5-7-10/h3-8H,1H2,2H3,(H,13,14)/b11-8-. The summed E-state index contributed by atoms with van der Waals surface area (Å²) in [4.78, 5) is 10.6. The Morgan fingerprint density at radius 3 is 2.36 bits per heavy atom. The summed E-state index contributed by atoms with van der Waals surface area (Å²) in [6.45, 7) is 5.55. The predicted molar refractivity (Wildman–Crippen MR) is 56.9 cm³/mol. The number of hydrogen-bond donors (Lipinski definition) is 1. The van der Waals surface area contributed by atoms with Gasteiger partial charge in [0, 0.05) is 6.08 Å². The third-order valence-corrected chi connectivity index (χ3v) is 1.81. The van der Waals surface area contributed by atoms with E-state index >= 15 is 0 Å². The maximum atomic E-state index is 10.6. The van der Waals surface area contributed by atoms with Gasteiger partial charge in [0.2, 0.25) is 0 Å². The van der Waals surface area contributed by atoms with E-state index in [0.717, 1.165) is 11.1 Å². The van der Waals surface area contributed by atoms with Crippen molar-refractivity contribution >= 4 is 11.5 Å². The Morgan fingerprint density at radius 2 is 1.93 bits per heavy atom. The number of hydrogen-bond acceptors (Lipinski definition) is 1. The molecule has 72 valence electrons. The van der Waals surface area contributed by atoms with Crippen LogP contribution in [0.2, 0.25) is 0 Å². The van der Waals surface area contributed by atoms with E-state index in [9.17, 15) is 4.79 Å². The molecule has 2 nitrogen and oxygen atoms in total. The summed E-state index contributed by atoms with van der Waals surface area (Å²) >= 11 is 0. The van der Waals surface area contributed by atoms with Crippen molar-refractivity contribution in [3.05, 3.63) is 54.1 Å². The highest BCUT2D eigenvalue weighted by Gasteiger charge is 2.03. The monoisotopic (exact) mass is 188 g/mol. The molecule has 0 aliphatic carbocycles. The Bertz CT molecular complexity index is 375. The van der Waals surface area contributed by atoms with Gasteiger partial charge in [-0.15, -0.1) is 0 Å². The number of carboxylic acids is 1. The molecule has 1 rings (SSSR count). The zero-order valence-corrected chi connectivity index (χ0v) is 8.03. The van der Waals surface area contributed by atoms with Gasteiger partial charge in [-0.2, -0.15) is 0 Å². The highest BCUT2D eigenvalue weighted by molar-refractivity contribution is 5.94. The van der Waals surface area contributed by atoms with Crippen LogP contribution in [-0.4, -0.2) is 11.1 Å². The van der Waals surface area contributed by atoms with Crippen molar-refractivity contribution in [2.45, 2.75) is 6.92 Å². The lowest BCUT2D eigenvalue weighted by Crippen LogP contribution is -1.93. The van der Waals surface area contributed by atoms with Gasteiger partial charge in [0.1, 0.15) is 0 Å². The Kier molecular flexibility index (Phi) is 3.24. The van der Waals surface area contributed by atoms with Crippen molar-refractivity contribution in [1.82, 2.24) is 0 Å². The topological polar surface area (TPSA) is 37.3 Å². The zero-order valence-electron chi connectivity index (χ0n) is 8.03. The smallest absolute Gasteiger partial charge is 0.328 e. The van der Waals surface area contributed by atoms with Crippen molar-refractivity contribution < 1.29 is 9.90 Å². The number of allylic oxidation sites excluding steroid dienone is 2. The van der Waals surface area contributed by atoms with Crippen LogP contribution in [0.25, 0.3) is 5.57 Å². The summed E-state index contributed by atoms with van der Waals surface area (Å²) in [6, 6.07) is 9.36. The molecule has 0 atom stereocenters. The van der Waals surface area contributed by atoms with E-state index in [1.807, 2.05) is 30.3 Å². The zero-order chi connectivity index (χ0) is 10.6. The van der Waals surface area contributed by atoms with E-state index in [4.69, 9.17) is 5.11 Å². The molecule has 0 aliphatic rings. The Morgan fingerprint density at radius 1 is 1.36 bits per heavy atom. The van der Waals surface area contributed by atoms with Crippen molar-refractivity contribution in [2.24, 2.45) is 0 Å². The van der Waals surface area contributed by atoms with Gasteiger partial charge in [-0.1, -0.05) is 42.5 Å². The van der Waals surface area contributed by atoms with E-state index in [2.05, 4.69) is 6.58 Å². The van der Waals surface area contributed by atoms with Crippen LogP contribution in [-0.2, 0) is 4.79 Å². The molecule has 0 bridgehead atoms. The summed E-state index contributed by atoms with van der Waals surface area (Å²) in [5, 5.41) is 8.68. The second-order valence-corrected chi connectivity index (χ2v) is 3.04. The molecule has 1 aromatic carbocycles. The molecule has 0 heterocycles. The first-order chi connectivity index (χ1) is 6.61. The van der Waals surface area contributed by atoms with Crippen LogP contribution in [0.4, 0.5) is 0 Å². The molecule has 2 heteroatoms. The largest absolute Gasteiger partial charge is 0.478 e. The summed E-state index contributed by atoms with van der Waals surface area (Å²) in [7, 11) is 0. The second-order valence-electron chi connectivity index (χ2n) is 3.04. The Hall–Kier alpha value is -1.83. The fourth-order valence-corrected chi connectivity index (χ4v) is 1.19. The molecular formula is C12H12O2. The fourth-order valence-electron chi connectivity index (χ4n) is 1.19. The first-order valence-electron chi connectivity index (χ1n) is 4.27. The molecule has 0 fully saturated rings. The van der Waals surface area contributed by atoms with Gasteiger partial charge in [0.05, 0.1) is 0 Å². The van der Waals surface area contributed by atoms with Crippen molar-refractivity contribution in [2.75, 3.05) is 0 Å². The molecule has 1 N–H and O–H groups in total. The number of benzene rings is 1. The van der Waals surface area contributed by atoms with Crippen LogP contribution in [0.3, 0.4) is 0 Å². The van der Waals surface area contributed by atoms with Crippen LogP contribution >= 0.6 is 0 Å². The number of aliphatic carboxylic acids is 1. The van der Waals surface area contributed by atoms with Gasteiger partial charge in [-0.05, 0) is 18.1 Å². The molecule has 1 aromatic rings. The van der Waals surface area contributed by atoms with Gasteiger partial charge in [-0.25, -0.2) is 4.79 Å². The second kappa shape index (κ2) is 4.42. The quantitative estimate of drug-likeness (QED) is 0.585. The van der Waals surface area contributed by atoms with Crippen molar-refractivity contribution in [3.63, 3.8) is 0 Å². The third-order valence-electron chi connectivity index (χ3n) is 1.81. The number of rotatable bonds is 3. The summed E-state index contributed by atoms with van der Waals surface area (Å²) in [6.07, 6.45) is 1.18. The summed E-state index contributed by atoms with van der Waals surface area (Å²) in [5.41, 5.74) is 2.29. The predicted octanol–water partition coefficient (Wildman–Crippen LogP) is 2.73. The fraction of sp³-hybridized carbons (Fsp3) is 0.0833. The average molecular weight is 188 g/mol. The molecule has 0 saturated heterocycles. The van der Waals surface area contributed by atoms with Crippen LogP contribution < -0.4 is 0 Å². The molecular weight excluding hydrogens is 176 g/mol. The minimum atomic E-state index is -0.952. The highest BCUT2D eigenvalue weighted by atomic mass is 16.4. The SMILES string of the molecule is C=C(C)/C(=C/C(=O)O)c1ccccc1. The normalized spacial score (nSPS) is 11.1. The van der Waals surface area contributed by atoms with E-state index in [0.29, 0.717) is 5.57 Å². The molecule has 0 aromatic heterocycles. The van der Waals surface area contributed by atoms with Gasteiger partial charge < -0.3 is 5.11 Å². The average Bonchev–Trinajstić information content (AvgIpc) is 2.15. The molecule has 0 spiro atoms. The van der Waals surface area contributed by atoms with Crippen LogP contribution in [0.5, 0.6) is 0 Å². The lowest BCUT2D eigenvalue weighted by molar-refractivity contribution is -0.131. The van der Waals surface area contributed by atoms with Gasteiger partial charge in [0.25, 0.3) is 0 Å². The molecule has 0 amide bonds. The highest BCUT2D eigenvalue weighted by Crippen LogP contribution is 2.20. The van der Waals surface area contributed by atoms with Crippen LogP contribution in [0.1, 0.15) is 12.5 Å². The Labute approximate surface area is 83.2 Å². The van der Waals surface area contributed by atoms with E-state index in [1.165, 1.54) is 6.08 Å². The van der Waals surface area contributed by atoms with Crippen molar-refractivity contribution in [1.29, 1.82) is 0 Å². The van der Waals surface area contributed by atoms with E-state index in [-0.39, 0.29) is 0 Å². The van der Waals surface area contributed by atoms with Crippen molar-refractivity contribution in [3.8, 4) is 0 Å². The first-order valence-corrected chi connectivity index (χ1v) is 4.27. The minimum Gasteiger partial charge on any atom is -0.478 e.